The minimum Gasteiger partial charge on any atom is -0.383 e. The molecule has 2 aromatic rings. The van der Waals surface area contributed by atoms with Gasteiger partial charge in [-0.3, -0.25) is 9.59 Å². The van der Waals surface area contributed by atoms with Gasteiger partial charge in [-0.25, -0.2) is 4.98 Å². The van der Waals surface area contributed by atoms with Crippen LogP contribution in [-0.4, -0.2) is 30.4 Å². The molecule has 0 bridgehead atoms. The Kier molecular flexibility index (Phi) is 4.14. The molecule has 20 heavy (non-hydrogen) atoms. The average molecular weight is 272 g/mol. The van der Waals surface area contributed by atoms with Gasteiger partial charge in [0.25, 0.3) is 5.91 Å². The van der Waals surface area contributed by atoms with Crippen LogP contribution in [0.15, 0.2) is 30.3 Å². The number of benzene rings is 1. The molecule has 0 aliphatic heterocycles. The van der Waals surface area contributed by atoms with E-state index in [-0.39, 0.29) is 30.5 Å². The largest absolute Gasteiger partial charge is 0.383 e. The van der Waals surface area contributed by atoms with Gasteiger partial charge >= 0.3 is 0 Å². The van der Waals surface area contributed by atoms with E-state index in [2.05, 4.69) is 15.6 Å². The molecule has 0 aliphatic rings. The molecule has 1 heterocycles. The van der Waals surface area contributed by atoms with Crippen LogP contribution in [-0.2, 0) is 4.79 Å². The number of nitrogen functional groups attached to an aromatic ring is 1. The minimum atomic E-state index is -0.341. The molecule has 0 saturated carbocycles. The normalized spacial score (nSPS) is 10.2. The van der Waals surface area contributed by atoms with Crippen molar-refractivity contribution >= 4 is 28.4 Å². The van der Waals surface area contributed by atoms with Gasteiger partial charge in [0.05, 0.1) is 0 Å². The van der Waals surface area contributed by atoms with E-state index in [1.807, 2.05) is 24.3 Å². The van der Waals surface area contributed by atoms with Crippen molar-refractivity contribution in [3.8, 4) is 0 Å². The van der Waals surface area contributed by atoms with Crippen molar-refractivity contribution in [3.05, 3.63) is 36.0 Å². The highest BCUT2D eigenvalue weighted by molar-refractivity contribution is 5.99. The van der Waals surface area contributed by atoms with Crippen LogP contribution in [0.2, 0.25) is 0 Å². The number of carbonyl (C=O) groups excluding carboxylic acids is 2. The third kappa shape index (κ3) is 3.03. The zero-order valence-corrected chi connectivity index (χ0v) is 11.1. The van der Waals surface area contributed by atoms with Crippen LogP contribution < -0.4 is 16.4 Å². The fraction of sp³-hybridized carbons (Fsp3) is 0.214. The Morgan fingerprint density at radius 3 is 2.80 bits per heavy atom. The topological polar surface area (TPSA) is 97.1 Å². The summed E-state index contributed by atoms with van der Waals surface area (Å²) in [7, 11) is 1.55. The SMILES string of the molecule is CNC(=O)CCNC(=O)c1cc2ccccc2c(N)n1. The summed E-state index contributed by atoms with van der Waals surface area (Å²) >= 11 is 0. The summed E-state index contributed by atoms with van der Waals surface area (Å²) in [6.45, 7) is 0.257. The molecule has 0 unspecified atom stereocenters. The van der Waals surface area contributed by atoms with Crippen LogP contribution in [0.4, 0.5) is 5.82 Å². The molecule has 4 N–H and O–H groups in total. The van der Waals surface area contributed by atoms with Gasteiger partial charge in [-0.2, -0.15) is 0 Å². The molecule has 0 fully saturated rings. The molecule has 104 valence electrons. The molecule has 0 aliphatic carbocycles. The third-order valence-corrected chi connectivity index (χ3v) is 2.92. The van der Waals surface area contributed by atoms with Crippen molar-refractivity contribution in [3.63, 3.8) is 0 Å². The summed E-state index contributed by atoms with van der Waals surface area (Å²) in [6.07, 6.45) is 0.227. The second-order valence-electron chi connectivity index (χ2n) is 4.29. The molecule has 1 aromatic heterocycles. The fourth-order valence-corrected chi connectivity index (χ4v) is 1.85. The number of anilines is 1. The Balaban J connectivity index is 2.12. The first-order chi connectivity index (χ1) is 9.61. The van der Waals surface area contributed by atoms with Crippen LogP contribution in [0.5, 0.6) is 0 Å². The van der Waals surface area contributed by atoms with Gasteiger partial charge in [-0.1, -0.05) is 24.3 Å². The van der Waals surface area contributed by atoms with Crippen LogP contribution >= 0.6 is 0 Å². The number of rotatable bonds is 4. The first-order valence-electron chi connectivity index (χ1n) is 6.26. The number of hydrogen-bond donors (Lipinski definition) is 3. The standard InChI is InChI=1S/C14H16N4O2/c1-16-12(19)6-7-17-14(20)11-8-9-4-2-3-5-10(9)13(15)18-11/h2-5,8H,6-7H2,1H3,(H2,15,18)(H,16,19)(H,17,20). The van der Waals surface area contributed by atoms with Gasteiger partial charge in [-0.05, 0) is 11.5 Å². The van der Waals surface area contributed by atoms with Gasteiger partial charge in [0.1, 0.15) is 11.5 Å². The second kappa shape index (κ2) is 6.01. The molecule has 1 aromatic carbocycles. The molecule has 2 rings (SSSR count). The van der Waals surface area contributed by atoms with Gasteiger partial charge in [0.15, 0.2) is 0 Å². The zero-order chi connectivity index (χ0) is 14.5. The summed E-state index contributed by atoms with van der Waals surface area (Å²) < 4.78 is 0. The summed E-state index contributed by atoms with van der Waals surface area (Å²) in [5, 5.41) is 6.80. The van der Waals surface area contributed by atoms with E-state index in [0.29, 0.717) is 5.82 Å². The van der Waals surface area contributed by atoms with E-state index in [9.17, 15) is 9.59 Å². The Hall–Kier alpha value is -2.63. The predicted molar refractivity (Wildman–Crippen MR) is 77.2 cm³/mol. The Morgan fingerprint density at radius 1 is 1.30 bits per heavy atom. The fourth-order valence-electron chi connectivity index (χ4n) is 1.85. The molecular formula is C14H16N4O2. The zero-order valence-electron chi connectivity index (χ0n) is 11.1. The number of nitrogens with two attached hydrogens (primary N) is 1. The number of amides is 2. The Labute approximate surface area is 116 Å². The van der Waals surface area contributed by atoms with Crippen molar-refractivity contribution in [2.75, 3.05) is 19.3 Å². The number of carbonyl (C=O) groups is 2. The maximum Gasteiger partial charge on any atom is 0.270 e. The predicted octanol–water partition coefficient (Wildman–Crippen LogP) is 0.683. The number of nitrogens with one attached hydrogen (secondary N) is 2. The van der Waals surface area contributed by atoms with E-state index in [0.717, 1.165) is 10.8 Å². The van der Waals surface area contributed by atoms with E-state index in [1.165, 1.54) is 0 Å². The van der Waals surface area contributed by atoms with Gasteiger partial charge in [0, 0.05) is 25.4 Å². The smallest absolute Gasteiger partial charge is 0.270 e. The quantitative estimate of drug-likeness (QED) is 0.762. The lowest BCUT2D eigenvalue weighted by Gasteiger charge is -2.07. The molecule has 0 saturated heterocycles. The Morgan fingerprint density at radius 2 is 2.05 bits per heavy atom. The van der Waals surface area contributed by atoms with Crippen LogP contribution in [0.1, 0.15) is 16.9 Å². The van der Waals surface area contributed by atoms with Gasteiger partial charge in [-0.15, -0.1) is 0 Å². The van der Waals surface area contributed by atoms with E-state index < -0.39 is 0 Å². The van der Waals surface area contributed by atoms with E-state index in [4.69, 9.17) is 5.73 Å². The highest BCUT2D eigenvalue weighted by Crippen LogP contribution is 2.19. The highest BCUT2D eigenvalue weighted by Gasteiger charge is 2.10. The van der Waals surface area contributed by atoms with Crippen LogP contribution in [0.3, 0.4) is 0 Å². The molecule has 2 amide bonds. The van der Waals surface area contributed by atoms with Gasteiger partial charge < -0.3 is 16.4 Å². The summed E-state index contributed by atoms with van der Waals surface area (Å²) in [4.78, 5) is 27.1. The molecule has 0 atom stereocenters. The van der Waals surface area contributed by atoms with Gasteiger partial charge in [0.2, 0.25) is 5.91 Å². The lowest BCUT2D eigenvalue weighted by Crippen LogP contribution is -2.29. The number of fused-ring (bicyclic) bond motifs is 1. The maximum absolute atomic E-state index is 11.9. The summed E-state index contributed by atoms with van der Waals surface area (Å²) in [5.41, 5.74) is 6.09. The van der Waals surface area contributed by atoms with Crippen molar-refractivity contribution < 1.29 is 9.59 Å². The average Bonchev–Trinajstić information content (AvgIpc) is 2.46. The van der Waals surface area contributed by atoms with Crippen molar-refractivity contribution in [1.29, 1.82) is 0 Å². The lowest BCUT2D eigenvalue weighted by atomic mass is 10.1. The minimum absolute atomic E-state index is 0.128. The molecular weight excluding hydrogens is 256 g/mol. The first kappa shape index (κ1) is 13.8. The number of nitrogens with zero attached hydrogens (tertiary/aromatic N) is 1. The van der Waals surface area contributed by atoms with Crippen molar-refractivity contribution in [1.82, 2.24) is 15.6 Å². The Bertz CT molecular complexity index is 655. The number of aromatic nitrogens is 1. The third-order valence-electron chi connectivity index (χ3n) is 2.92. The van der Waals surface area contributed by atoms with Crippen LogP contribution in [0.25, 0.3) is 10.8 Å². The summed E-state index contributed by atoms with van der Waals surface area (Å²) in [6, 6.07) is 9.14. The van der Waals surface area contributed by atoms with E-state index >= 15 is 0 Å². The molecule has 0 radical (unpaired) electrons. The first-order valence-corrected chi connectivity index (χ1v) is 6.26. The van der Waals surface area contributed by atoms with Crippen molar-refractivity contribution in [2.24, 2.45) is 0 Å². The number of pyridine rings is 1. The highest BCUT2D eigenvalue weighted by atomic mass is 16.2. The van der Waals surface area contributed by atoms with E-state index in [1.54, 1.807) is 13.1 Å². The molecule has 6 heteroatoms. The van der Waals surface area contributed by atoms with Crippen LogP contribution in [0, 0.1) is 0 Å². The monoisotopic (exact) mass is 272 g/mol. The maximum atomic E-state index is 11.9. The second-order valence-corrected chi connectivity index (χ2v) is 4.29. The number of hydrogen-bond acceptors (Lipinski definition) is 4. The van der Waals surface area contributed by atoms with Crippen molar-refractivity contribution in [2.45, 2.75) is 6.42 Å². The molecule has 6 nitrogen and oxygen atoms in total. The molecule has 0 spiro atoms. The lowest BCUT2D eigenvalue weighted by molar-refractivity contribution is -0.120. The summed E-state index contributed by atoms with van der Waals surface area (Å²) in [5.74, 6) is -0.151.